The lowest BCUT2D eigenvalue weighted by Crippen LogP contribution is -2.10. The summed E-state index contributed by atoms with van der Waals surface area (Å²) in [7, 11) is 0. The summed E-state index contributed by atoms with van der Waals surface area (Å²) in [6.07, 6.45) is 2.58. The van der Waals surface area contributed by atoms with Gasteiger partial charge in [0.15, 0.2) is 0 Å². The molecule has 0 aliphatic carbocycles. The van der Waals surface area contributed by atoms with Crippen LogP contribution in [0.5, 0.6) is 0 Å². The number of carbonyl (C=O) groups is 1. The number of thioether (sulfide) groups is 1. The van der Waals surface area contributed by atoms with E-state index in [1.807, 2.05) is 18.2 Å². The quantitative estimate of drug-likeness (QED) is 0.720. The number of amides is 1. The molecule has 0 aliphatic rings. The van der Waals surface area contributed by atoms with Crippen LogP contribution in [0.15, 0.2) is 59.5 Å². The van der Waals surface area contributed by atoms with Crippen LogP contribution in [-0.4, -0.2) is 5.91 Å². The highest BCUT2D eigenvalue weighted by Crippen LogP contribution is 2.24. The van der Waals surface area contributed by atoms with Gasteiger partial charge in [-0.2, -0.15) is 0 Å². The molecule has 0 aliphatic heterocycles. The van der Waals surface area contributed by atoms with Crippen LogP contribution >= 0.6 is 11.8 Å². The van der Waals surface area contributed by atoms with Gasteiger partial charge in [-0.15, -0.1) is 11.8 Å². The molecular formula is C18H21NOS. The van der Waals surface area contributed by atoms with Gasteiger partial charge in [-0.05, 0) is 36.2 Å². The van der Waals surface area contributed by atoms with E-state index in [1.54, 1.807) is 11.8 Å². The second kappa shape index (κ2) is 8.53. The predicted molar refractivity (Wildman–Crippen MR) is 90.6 cm³/mol. The minimum absolute atomic E-state index is 0.0986. The zero-order valence-electron chi connectivity index (χ0n) is 12.3. The maximum Gasteiger partial charge on any atom is 0.224 e. The van der Waals surface area contributed by atoms with Gasteiger partial charge in [0.2, 0.25) is 5.91 Å². The summed E-state index contributed by atoms with van der Waals surface area (Å²) in [6, 6.07) is 18.5. The molecule has 0 bridgehead atoms. The lowest BCUT2D eigenvalue weighted by Gasteiger charge is -2.06. The highest BCUT2D eigenvalue weighted by molar-refractivity contribution is 7.98. The van der Waals surface area contributed by atoms with Crippen molar-refractivity contribution < 1.29 is 4.79 Å². The molecular weight excluding hydrogens is 278 g/mol. The fourth-order valence-electron chi connectivity index (χ4n) is 1.94. The normalized spacial score (nSPS) is 10.3. The fraction of sp³-hybridized carbons (Fsp3) is 0.278. The van der Waals surface area contributed by atoms with Gasteiger partial charge in [0, 0.05) is 22.8 Å². The van der Waals surface area contributed by atoms with Crippen molar-refractivity contribution in [1.82, 2.24) is 0 Å². The van der Waals surface area contributed by atoms with Gasteiger partial charge in [0.1, 0.15) is 0 Å². The Morgan fingerprint density at radius 3 is 2.43 bits per heavy atom. The van der Waals surface area contributed by atoms with Crippen molar-refractivity contribution in [2.75, 3.05) is 5.32 Å². The Hall–Kier alpha value is -1.74. The molecule has 2 aromatic carbocycles. The topological polar surface area (TPSA) is 29.1 Å². The van der Waals surface area contributed by atoms with E-state index in [-0.39, 0.29) is 5.91 Å². The molecule has 3 heteroatoms. The highest BCUT2D eigenvalue weighted by Gasteiger charge is 2.02. The monoisotopic (exact) mass is 299 g/mol. The largest absolute Gasteiger partial charge is 0.326 e. The number of rotatable bonds is 7. The van der Waals surface area contributed by atoms with E-state index < -0.39 is 0 Å². The fourth-order valence-corrected chi connectivity index (χ4v) is 2.79. The lowest BCUT2D eigenvalue weighted by atomic mass is 10.2. The van der Waals surface area contributed by atoms with Gasteiger partial charge in [0.05, 0.1) is 0 Å². The molecule has 0 aromatic heterocycles. The van der Waals surface area contributed by atoms with Gasteiger partial charge >= 0.3 is 0 Å². The molecule has 0 unspecified atom stereocenters. The van der Waals surface area contributed by atoms with Crippen molar-refractivity contribution in [2.45, 2.75) is 36.8 Å². The molecule has 2 aromatic rings. The maximum absolute atomic E-state index is 11.7. The smallest absolute Gasteiger partial charge is 0.224 e. The first-order chi connectivity index (χ1) is 10.3. The summed E-state index contributed by atoms with van der Waals surface area (Å²) < 4.78 is 0. The summed E-state index contributed by atoms with van der Waals surface area (Å²) in [4.78, 5) is 12.9. The van der Waals surface area contributed by atoms with Crippen LogP contribution in [0.4, 0.5) is 5.69 Å². The van der Waals surface area contributed by atoms with Gasteiger partial charge in [-0.1, -0.05) is 43.7 Å². The Morgan fingerprint density at radius 1 is 1.05 bits per heavy atom. The number of anilines is 1. The number of hydrogen-bond acceptors (Lipinski definition) is 2. The van der Waals surface area contributed by atoms with Crippen molar-refractivity contribution in [3.05, 3.63) is 60.2 Å². The van der Waals surface area contributed by atoms with Crippen molar-refractivity contribution in [3.8, 4) is 0 Å². The molecule has 110 valence electrons. The zero-order valence-corrected chi connectivity index (χ0v) is 13.2. The molecule has 0 fully saturated rings. The van der Waals surface area contributed by atoms with E-state index >= 15 is 0 Å². The predicted octanol–water partition coefficient (Wildman–Crippen LogP) is 5.11. The number of hydrogen-bond donors (Lipinski definition) is 1. The number of unbranched alkanes of at least 4 members (excludes halogenated alkanes) is 1. The average Bonchev–Trinajstić information content (AvgIpc) is 2.53. The number of nitrogens with one attached hydrogen (secondary N) is 1. The Kier molecular flexibility index (Phi) is 6.35. The lowest BCUT2D eigenvalue weighted by molar-refractivity contribution is -0.116. The van der Waals surface area contributed by atoms with Crippen LogP contribution in [0, 0.1) is 0 Å². The average molecular weight is 299 g/mol. The number of benzene rings is 2. The van der Waals surface area contributed by atoms with Crippen LogP contribution < -0.4 is 5.32 Å². The molecule has 0 saturated carbocycles. The molecule has 0 spiro atoms. The minimum Gasteiger partial charge on any atom is -0.326 e. The van der Waals surface area contributed by atoms with Crippen LogP contribution in [0.1, 0.15) is 31.7 Å². The molecule has 0 atom stereocenters. The minimum atomic E-state index is 0.0986. The summed E-state index contributed by atoms with van der Waals surface area (Å²) in [5, 5.41) is 2.93. The molecule has 2 nitrogen and oxygen atoms in total. The van der Waals surface area contributed by atoms with Crippen molar-refractivity contribution in [1.29, 1.82) is 0 Å². The third-order valence-electron chi connectivity index (χ3n) is 3.14. The second-order valence-corrected chi connectivity index (χ2v) is 6.00. The third kappa shape index (κ3) is 5.64. The summed E-state index contributed by atoms with van der Waals surface area (Å²) >= 11 is 1.80. The summed E-state index contributed by atoms with van der Waals surface area (Å²) in [5.41, 5.74) is 2.19. The summed E-state index contributed by atoms with van der Waals surface area (Å²) in [5.74, 6) is 1.06. The van der Waals surface area contributed by atoms with E-state index in [0.717, 1.165) is 24.3 Å². The van der Waals surface area contributed by atoms with E-state index in [2.05, 4.69) is 48.6 Å². The molecule has 0 heterocycles. The highest BCUT2D eigenvalue weighted by atomic mass is 32.2. The van der Waals surface area contributed by atoms with Gasteiger partial charge in [0.25, 0.3) is 0 Å². The molecule has 0 saturated heterocycles. The molecule has 21 heavy (non-hydrogen) atoms. The van der Waals surface area contributed by atoms with Gasteiger partial charge < -0.3 is 5.32 Å². The van der Waals surface area contributed by atoms with Crippen LogP contribution in [0.2, 0.25) is 0 Å². The van der Waals surface area contributed by atoms with Crippen molar-refractivity contribution in [3.63, 3.8) is 0 Å². The summed E-state index contributed by atoms with van der Waals surface area (Å²) in [6.45, 7) is 2.09. The Bertz CT molecular complexity index is 551. The van der Waals surface area contributed by atoms with E-state index in [0.29, 0.717) is 6.42 Å². The SMILES string of the molecule is CCCCC(=O)Nc1ccc(SCc2ccccc2)cc1. The second-order valence-electron chi connectivity index (χ2n) is 4.95. The van der Waals surface area contributed by atoms with Crippen LogP contribution in [0.25, 0.3) is 0 Å². The first-order valence-corrected chi connectivity index (χ1v) is 8.33. The van der Waals surface area contributed by atoms with Crippen LogP contribution in [-0.2, 0) is 10.5 Å². The van der Waals surface area contributed by atoms with Crippen molar-refractivity contribution >= 4 is 23.4 Å². The van der Waals surface area contributed by atoms with Crippen molar-refractivity contribution in [2.24, 2.45) is 0 Å². The Morgan fingerprint density at radius 2 is 1.76 bits per heavy atom. The van der Waals surface area contributed by atoms with Gasteiger partial charge in [-0.3, -0.25) is 4.79 Å². The zero-order chi connectivity index (χ0) is 14.9. The molecule has 0 radical (unpaired) electrons. The van der Waals surface area contributed by atoms with E-state index in [9.17, 15) is 4.79 Å². The van der Waals surface area contributed by atoms with E-state index in [4.69, 9.17) is 0 Å². The third-order valence-corrected chi connectivity index (χ3v) is 4.23. The van der Waals surface area contributed by atoms with Gasteiger partial charge in [-0.25, -0.2) is 0 Å². The van der Waals surface area contributed by atoms with Crippen LogP contribution in [0.3, 0.4) is 0 Å². The molecule has 1 amide bonds. The van der Waals surface area contributed by atoms with E-state index in [1.165, 1.54) is 10.5 Å². The first-order valence-electron chi connectivity index (χ1n) is 7.34. The Balaban J connectivity index is 1.83. The first kappa shape index (κ1) is 15.6. The Labute approximate surface area is 131 Å². The molecule has 1 N–H and O–H groups in total. The standard InChI is InChI=1S/C18H21NOS/c1-2-3-9-18(20)19-16-10-12-17(13-11-16)21-14-15-7-5-4-6-8-15/h4-8,10-13H,2-3,9,14H2,1H3,(H,19,20). The number of carbonyl (C=O) groups excluding carboxylic acids is 1. The molecule has 2 rings (SSSR count). The maximum atomic E-state index is 11.7.